The van der Waals surface area contributed by atoms with Crippen LogP contribution in [-0.2, 0) is 27.4 Å². The van der Waals surface area contributed by atoms with E-state index in [0.717, 1.165) is 24.3 Å². The van der Waals surface area contributed by atoms with E-state index in [9.17, 15) is 41.6 Å². The fraction of sp³-hybridized carbons (Fsp3) is 0.222. The molecule has 0 aromatic heterocycles. The van der Waals surface area contributed by atoms with E-state index in [1.165, 1.54) is 0 Å². The minimum absolute atomic E-state index is 0.206. The molecule has 0 radical (unpaired) electrons. The predicted octanol–water partition coefficient (Wildman–Crippen LogP) is 5.49. The second-order valence-electron chi connectivity index (χ2n) is 9.01. The van der Waals surface area contributed by atoms with Crippen LogP contribution in [0.25, 0.3) is 11.1 Å². The Hall–Kier alpha value is -4.14. The van der Waals surface area contributed by atoms with Crippen LogP contribution in [0.5, 0.6) is 0 Å². The number of nitrogens with zero attached hydrogens (tertiary/aromatic N) is 1. The Morgan fingerprint density at radius 3 is 2.38 bits per heavy atom. The van der Waals surface area contributed by atoms with E-state index >= 15 is 0 Å². The lowest BCUT2D eigenvalue weighted by atomic mass is 10.0. The first kappa shape index (κ1) is 32.4. The molecule has 224 valence electrons. The molecule has 0 unspecified atom stereocenters. The molecule has 1 atom stereocenters. The average molecular weight is 627 g/mol. The summed E-state index contributed by atoms with van der Waals surface area (Å²) in [5, 5.41) is 26.1. The van der Waals surface area contributed by atoms with Crippen LogP contribution in [0, 0.1) is 10.1 Å². The zero-order valence-electron chi connectivity index (χ0n) is 22.0. The van der Waals surface area contributed by atoms with Crippen LogP contribution < -0.4 is 15.4 Å². The van der Waals surface area contributed by atoms with Gasteiger partial charge in [0.25, 0.3) is 6.20 Å². The number of carbonyl (C=O) groups is 1. The number of nitrogens with one attached hydrogen (secondary N) is 3. The van der Waals surface area contributed by atoms with Crippen LogP contribution in [0.3, 0.4) is 0 Å². The normalized spacial score (nSPS) is 12.9. The van der Waals surface area contributed by atoms with Gasteiger partial charge in [0, 0.05) is 17.3 Å². The number of benzene rings is 3. The molecular weight excluding hydrogens is 601 g/mol. The van der Waals surface area contributed by atoms with Crippen molar-refractivity contribution in [3.05, 3.63) is 105 Å². The van der Waals surface area contributed by atoms with E-state index in [2.05, 4.69) is 10.6 Å². The van der Waals surface area contributed by atoms with Crippen molar-refractivity contribution in [1.29, 1.82) is 0 Å². The van der Waals surface area contributed by atoms with Crippen molar-refractivity contribution in [3.8, 4) is 11.1 Å². The molecule has 15 heteroatoms. The molecular formula is C27H26ClF3N4O6S. The van der Waals surface area contributed by atoms with E-state index in [1.54, 1.807) is 48.5 Å². The number of hydrogen-bond acceptors (Lipinski definition) is 7. The van der Waals surface area contributed by atoms with Crippen LogP contribution in [0.2, 0.25) is 5.02 Å². The molecule has 0 amide bonds. The molecule has 42 heavy (non-hydrogen) atoms. The number of alkyl halides is 3. The fourth-order valence-corrected chi connectivity index (χ4v) is 5.45. The molecule has 0 aliphatic rings. The largest absolute Gasteiger partial charge is 0.480 e. The molecule has 0 aliphatic carbocycles. The van der Waals surface area contributed by atoms with Crippen LogP contribution in [0.15, 0.2) is 83.6 Å². The van der Waals surface area contributed by atoms with Gasteiger partial charge in [0.1, 0.15) is 6.04 Å². The van der Waals surface area contributed by atoms with Gasteiger partial charge in [-0.3, -0.25) is 14.9 Å². The maximum atomic E-state index is 13.5. The van der Waals surface area contributed by atoms with Crippen LogP contribution >= 0.6 is 11.6 Å². The Morgan fingerprint density at radius 1 is 1.10 bits per heavy atom. The number of nitro groups is 1. The molecule has 3 aromatic rings. The third kappa shape index (κ3) is 8.93. The Bertz CT molecular complexity index is 1580. The number of aliphatic carboxylic acids is 1. The van der Waals surface area contributed by atoms with Gasteiger partial charge in [-0.1, -0.05) is 54.9 Å². The lowest BCUT2D eigenvalue weighted by molar-refractivity contribution is -0.403. The molecule has 0 heterocycles. The number of carboxylic acid groups (broad SMARTS) is 1. The number of hydrogen-bond donors (Lipinski definition) is 4. The van der Waals surface area contributed by atoms with Crippen molar-refractivity contribution >= 4 is 33.3 Å². The fourth-order valence-electron chi connectivity index (χ4n) is 3.88. The van der Waals surface area contributed by atoms with Crippen LogP contribution in [-0.4, -0.2) is 37.0 Å². The molecule has 0 fully saturated rings. The first-order valence-electron chi connectivity index (χ1n) is 12.4. The van der Waals surface area contributed by atoms with Gasteiger partial charge in [0.15, 0.2) is 5.82 Å². The van der Waals surface area contributed by atoms with Gasteiger partial charge in [0.05, 0.1) is 15.4 Å². The number of anilines is 1. The lowest BCUT2D eigenvalue weighted by Crippen LogP contribution is -2.42. The van der Waals surface area contributed by atoms with Crippen molar-refractivity contribution in [2.24, 2.45) is 0 Å². The van der Waals surface area contributed by atoms with Crippen molar-refractivity contribution < 1.29 is 36.4 Å². The maximum absolute atomic E-state index is 13.5. The van der Waals surface area contributed by atoms with E-state index in [1.807, 2.05) is 11.6 Å². The average Bonchev–Trinajstić information content (AvgIpc) is 2.91. The molecule has 0 aliphatic heterocycles. The highest BCUT2D eigenvalue weighted by Crippen LogP contribution is 2.36. The molecule has 3 aromatic carbocycles. The molecule has 10 nitrogen and oxygen atoms in total. The first-order chi connectivity index (χ1) is 19.7. The van der Waals surface area contributed by atoms with Crippen molar-refractivity contribution in [1.82, 2.24) is 10.0 Å². The Kier molecular flexibility index (Phi) is 10.5. The minimum Gasteiger partial charge on any atom is -0.480 e. The third-order valence-electron chi connectivity index (χ3n) is 5.80. The quantitative estimate of drug-likeness (QED) is 0.144. The molecule has 3 rings (SSSR count). The Morgan fingerprint density at radius 2 is 1.79 bits per heavy atom. The topological polar surface area (TPSA) is 151 Å². The molecule has 0 saturated carbocycles. The van der Waals surface area contributed by atoms with Gasteiger partial charge < -0.3 is 15.7 Å². The standard InChI is InChI=1S/C27H26ClF3N4O6S/c1-2-12-32-25(16-35(38)39)33-21-5-3-4-19(14-21)18-8-6-17(7-9-18)13-23(26(36)37)34-42(40,41)24-11-10-20(28)15-22(24)27(29,30)31/h3-11,14-16,23,32-34H,2,12-13H2,1H3,(H,36,37)/b25-16-/t23-/m0/s1. The van der Waals surface area contributed by atoms with Crippen molar-refractivity contribution in [3.63, 3.8) is 0 Å². The molecule has 4 N–H and O–H groups in total. The lowest BCUT2D eigenvalue weighted by Gasteiger charge is -2.18. The summed E-state index contributed by atoms with van der Waals surface area (Å²) < 4.78 is 67.9. The van der Waals surface area contributed by atoms with E-state index in [4.69, 9.17) is 11.6 Å². The summed E-state index contributed by atoms with van der Waals surface area (Å²) in [7, 11) is -4.90. The van der Waals surface area contributed by atoms with Gasteiger partial charge in [-0.15, -0.1) is 0 Å². The number of carboxylic acids is 1. The summed E-state index contributed by atoms with van der Waals surface area (Å²) >= 11 is 5.62. The highest BCUT2D eigenvalue weighted by Gasteiger charge is 2.38. The summed E-state index contributed by atoms with van der Waals surface area (Å²) in [5.41, 5.74) is 0.867. The SMILES string of the molecule is CCCN/C(=C/[N+](=O)[O-])Nc1cccc(-c2ccc(C[C@H](NS(=O)(=O)c3ccc(Cl)cc3C(F)(F)F)C(=O)O)cc2)c1. The summed E-state index contributed by atoms with van der Waals surface area (Å²) in [6.45, 7) is 2.43. The predicted molar refractivity (Wildman–Crippen MR) is 151 cm³/mol. The van der Waals surface area contributed by atoms with Crippen LogP contribution in [0.1, 0.15) is 24.5 Å². The van der Waals surface area contributed by atoms with Gasteiger partial charge in [-0.2, -0.15) is 17.9 Å². The summed E-state index contributed by atoms with van der Waals surface area (Å²) in [5.74, 6) is -1.38. The van der Waals surface area contributed by atoms with Crippen molar-refractivity contribution in [2.75, 3.05) is 11.9 Å². The van der Waals surface area contributed by atoms with E-state index in [-0.39, 0.29) is 17.3 Å². The summed E-state index contributed by atoms with van der Waals surface area (Å²) in [6, 6.07) is 13.7. The third-order valence-corrected chi connectivity index (χ3v) is 7.57. The zero-order chi connectivity index (χ0) is 31.1. The maximum Gasteiger partial charge on any atom is 0.417 e. The summed E-state index contributed by atoms with van der Waals surface area (Å²) in [4.78, 5) is 21.1. The van der Waals surface area contributed by atoms with E-state index in [0.29, 0.717) is 35.5 Å². The van der Waals surface area contributed by atoms with Gasteiger partial charge >= 0.3 is 12.1 Å². The monoisotopic (exact) mass is 626 g/mol. The highest BCUT2D eigenvalue weighted by molar-refractivity contribution is 7.89. The second-order valence-corrected chi connectivity index (χ2v) is 11.1. The smallest absolute Gasteiger partial charge is 0.417 e. The minimum atomic E-state index is -5.05. The summed E-state index contributed by atoms with van der Waals surface area (Å²) in [6.07, 6.45) is -3.83. The van der Waals surface area contributed by atoms with Crippen LogP contribution in [0.4, 0.5) is 18.9 Å². The highest BCUT2D eigenvalue weighted by atomic mass is 35.5. The van der Waals surface area contributed by atoms with E-state index < -0.39 is 43.6 Å². The number of sulfonamides is 1. The molecule has 0 spiro atoms. The van der Waals surface area contributed by atoms with Gasteiger partial charge in [0.2, 0.25) is 10.0 Å². The van der Waals surface area contributed by atoms with Crippen molar-refractivity contribution in [2.45, 2.75) is 36.9 Å². The molecule has 0 bridgehead atoms. The van der Waals surface area contributed by atoms with Gasteiger partial charge in [-0.05, 0) is 59.9 Å². The molecule has 0 saturated heterocycles. The first-order valence-corrected chi connectivity index (χ1v) is 14.2. The van der Waals surface area contributed by atoms with Gasteiger partial charge in [-0.25, -0.2) is 8.42 Å². The Balaban J connectivity index is 1.80. The number of rotatable bonds is 13. The Labute approximate surface area is 244 Å². The zero-order valence-corrected chi connectivity index (χ0v) is 23.6. The number of halogens is 4. The second kappa shape index (κ2) is 13.7.